The molecule has 0 aromatic heterocycles. The van der Waals surface area contributed by atoms with Crippen LogP contribution in [0.15, 0.2) is 24.3 Å². The van der Waals surface area contributed by atoms with Crippen molar-refractivity contribution in [3.05, 3.63) is 35.4 Å². The minimum Gasteiger partial charge on any atom is -0.478 e. The van der Waals surface area contributed by atoms with Gasteiger partial charge in [0.25, 0.3) is 0 Å². The van der Waals surface area contributed by atoms with E-state index >= 15 is 0 Å². The van der Waals surface area contributed by atoms with Gasteiger partial charge in [-0.25, -0.2) is 4.79 Å². The molecular weight excluding hydrogens is 220 g/mol. The first kappa shape index (κ1) is 12.1. The third-order valence-electron chi connectivity index (χ3n) is 3.24. The van der Waals surface area contributed by atoms with Gasteiger partial charge < -0.3 is 14.9 Å². The summed E-state index contributed by atoms with van der Waals surface area (Å²) >= 11 is 0. The van der Waals surface area contributed by atoms with Crippen LogP contribution in [0, 0.1) is 5.41 Å². The summed E-state index contributed by atoms with van der Waals surface area (Å²) in [5, 5.41) is 17.8. The molecule has 17 heavy (non-hydrogen) atoms. The maximum atomic E-state index is 10.7. The summed E-state index contributed by atoms with van der Waals surface area (Å²) in [4.78, 5) is 10.7. The van der Waals surface area contributed by atoms with Gasteiger partial charge in [-0.2, -0.15) is 0 Å². The number of rotatable bonds is 5. The molecule has 1 aliphatic heterocycles. The third-order valence-corrected chi connectivity index (χ3v) is 3.24. The zero-order chi connectivity index (χ0) is 12.3. The van der Waals surface area contributed by atoms with Gasteiger partial charge in [-0.3, -0.25) is 0 Å². The van der Waals surface area contributed by atoms with E-state index in [-0.39, 0.29) is 12.0 Å². The molecule has 0 spiro atoms. The molecule has 2 N–H and O–H groups in total. The van der Waals surface area contributed by atoms with E-state index in [1.807, 2.05) is 12.1 Å². The number of hydrogen-bond acceptors (Lipinski definition) is 3. The second kappa shape index (κ2) is 4.85. The van der Waals surface area contributed by atoms with E-state index in [1.54, 1.807) is 12.1 Å². The summed E-state index contributed by atoms with van der Waals surface area (Å²) in [6, 6.07) is 6.90. The van der Waals surface area contributed by atoms with Gasteiger partial charge in [0.05, 0.1) is 18.8 Å². The molecule has 0 amide bonds. The van der Waals surface area contributed by atoms with Crippen molar-refractivity contribution in [2.24, 2.45) is 5.41 Å². The van der Waals surface area contributed by atoms with Crippen molar-refractivity contribution in [3.8, 4) is 0 Å². The summed E-state index contributed by atoms with van der Waals surface area (Å²) in [5.41, 5.74) is 1.43. The molecule has 0 radical (unpaired) electrons. The van der Waals surface area contributed by atoms with Crippen molar-refractivity contribution < 1.29 is 19.7 Å². The Labute approximate surface area is 99.8 Å². The lowest BCUT2D eigenvalue weighted by Gasteiger charge is -2.41. The monoisotopic (exact) mass is 236 g/mol. The normalized spacial score (nSPS) is 17.5. The molecule has 4 nitrogen and oxygen atoms in total. The van der Waals surface area contributed by atoms with E-state index in [4.69, 9.17) is 14.9 Å². The molecule has 1 fully saturated rings. The fraction of sp³-hybridized carbons (Fsp3) is 0.462. The molecule has 92 valence electrons. The van der Waals surface area contributed by atoms with Gasteiger partial charge in [-0.1, -0.05) is 12.1 Å². The predicted octanol–water partition coefficient (Wildman–Crippen LogP) is 1.33. The van der Waals surface area contributed by atoms with Gasteiger partial charge in [0, 0.05) is 12.0 Å². The van der Waals surface area contributed by atoms with Crippen LogP contribution in [0.4, 0.5) is 0 Å². The number of aliphatic hydroxyl groups excluding tert-OH is 1. The molecule has 0 aliphatic carbocycles. The Balaban J connectivity index is 2.05. The second-order valence-electron chi connectivity index (χ2n) is 4.65. The van der Waals surface area contributed by atoms with E-state index in [1.165, 1.54) is 0 Å². The highest BCUT2D eigenvalue weighted by atomic mass is 16.5. The highest BCUT2D eigenvalue weighted by Crippen LogP contribution is 2.35. The predicted molar refractivity (Wildman–Crippen MR) is 62.1 cm³/mol. The Morgan fingerprint density at radius 1 is 1.29 bits per heavy atom. The first-order valence-corrected chi connectivity index (χ1v) is 5.66. The van der Waals surface area contributed by atoms with E-state index in [0.717, 1.165) is 18.4 Å². The SMILES string of the molecule is O=C(O)c1ccc(CC2(CCO)COC2)cc1. The summed E-state index contributed by atoms with van der Waals surface area (Å²) < 4.78 is 5.22. The van der Waals surface area contributed by atoms with Gasteiger partial charge in [0.15, 0.2) is 0 Å². The van der Waals surface area contributed by atoms with Gasteiger partial charge in [0.1, 0.15) is 0 Å². The lowest BCUT2D eigenvalue weighted by atomic mass is 9.77. The number of ether oxygens (including phenoxy) is 1. The molecule has 0 atom stereocenters. The van der Waals surface area contributed by atoms with Gasteiger partial charge in [-0.15, -0.1) is 0 Å². The Bertz CT molecular complexity index is 392. The average molecular weight is 236 g/mol. The highest BCUT2D eigenvalue weighted by molar-refractivity contribution is 5.87. The molecule has 1 saturated heterocycles. The van der Waals surface area contributed by atoms with E-state index in [9.17, 15) is 4.79 Å². The zero-order valence-electron chi connectivity index (χ0n) is 9.56. The first-order chi connectivity index (χ1) is 8.15. The Morgan fingerprint density at radius 2 is 1.94 bits per heavy atom. The van der Waals surface area contributed by atoms with Gasteiger partial charge in [0.2, 0.25) is 0 Å². The summed E-state index contributed by atoms with van der Waals surface area (Å²) in [7, 11) is 0. The molecule has 1 aromatic rings. The fourth-order valence-electron chi connectivity index (χ4n) is 2.16. The number of aromatic carboxylic acids is 1. The van der Waals surface area contributed by atoms with E-state index in [2.05, 4.69) is 0 Å². The van der Waals surface area contributed by atoms with E-state index < -0.39 is 5.97 Å². The van der Waals surface area contributed by atoms with Crippen molar-refractivity contribution in [1.29, 1.82) is 0 Å². The Morgan fingerprint density at radius 3 is 2.35 bits per heavy atom. The second-order valence-corrected chi connectivity index (χ2v) is 4.65. The number of carboxylic acid groups (broad SMARTS) is 1. The molecular formula is C13H16O4. The molecule has 1 aliphatic rings. The lowest BCUT2D eigenvalue weighted by molar-refractivity contribution is -0.122. The van der Waals surface area contributed by atoms with E-state index in [0.29, 0.717) is 18.8 Å². The van der Waals surface area contributed by atoms with Crippen molar-refractivity contribution in [2.75, 3.05) is 19.8 Å². The largest absolute Gasteiger partial charge is 0.478 e. The van der Waals surface area contributed by atoms with Crippen LogP contribution in [0.25, 0.3) is 0 Å². The van der Waals surface area contributed by atoms with Crippen LogP contribution in [0.1, 0.15) is 22.3 Å². The van der Waals surface area contributed by atoms with Crippen LogP contribution in [0.3, 0.4) is 0 Å². The van der Waals surface area contributed by atoms with Crippen LogP contribution in [-0.4, -0.2) is 36.0 Å². The van der Waals surface area contributed by atoms with Crippen LogP contribution in [0.5, 0.6) is 0 Å². The topological polar surface area (TPSA) is 66.8 Å². The summed E-state index contributed by atoms with van der Waals surface area (Å²) in [5.74, 6) is -0.909. The molecule has 4 heteroatoms. The number of carbonyl (C=O) groups is 1. The van der Waals surface area contributed by atoms with Gasteiger partial charge in [-0.05, 0) is 30.5 Å². The van der Waals surface area contributed by atoms with Crippen molar-refractivity contribution in [1.82, 2.24) is 0 Å². The third kappa shape index (κ3) is 2.65. The zero-order valence-corrected chi connectivity index (χ0v) is 9.56. The van der Waals surface area contributed by atoms with Gasteiger partial charge >= 0.3 is 5.97 Å². The highest BCUT2D eigenvalue weighted by Gasteiger charge is 2.37. The van der Waals surface area contributed by atoms with Crippen LogP contribution >= 0.6 is 0 Å². The minimum atomic E-state index is -0.909. The molecule has 0 unspecified atom stereocenters. The smallest absolute Gasteiger partial charge is 0.335 e. The number of hydrogen-bond donors (Lipinski definition) is 2. The summed E-state index contributed by atoms with van der Waals surface area (Å²) in [6.45, 7) is 1.51. The molecule has 0 bridgehead atoms. The first-order valence-electron chi connectivity index (χ1n) is 5.66. The van der Waals surface area contributed by atoms with Crippen molar-refractivity contribution in [2.45, 2.75) is 12.8 Å². The number of aliphatic hydroxyl groups is 1. The van der Waals surface area contributed by atoms with Crippen LogP contribution in [-0.2, 0) is 11.2 Å². The molecule has 2 rings (SSSR count). The molecule has 1 heterocycles. The van der Waals surface area contributed by atoms with Crippen LogP contribution in [0.2, 0.25) is 0 Å². The van der Waals surface area contributed by atoms with Crippen molar-refractivity contribution in [3.63, 3.8) is 0 Å². The summed E-state index contributed by atoms with van der Waals surface area (Å²) in [6.07, 6.45) is 1.56. The average Bonchev–Trinajstić information content (AvgIpc) is 2.27. The standard InChI is InChI=1S/C13H16O4/c14-6-5-13(8-17-9-13)7-10-1-3-11(4-2-10)12(15)16/h1-4,14H,5-9H2,(H,15,16). The van der Waals surface area contributed by atoms with Crippen molar-refractivity contribution >= 4 is 5.97 Å². The quantitative estimate of drug-likeness (QED) is 0.809. The molecule has 0 saturated carbocycles. The minimum absolute atomic E-state index is 0.0412. The number of carboxylic acids is 1. The lowest BCUT2D eigenvalue weighted by Crippen LogP contribution is -2.45. The Hall–Kier alpha value is -1.39. The maximum absolute atomic E-state index is 10.7. The molecule has 1 aromatic carbocycles. The Kier molecular flexibility index (Phi) is 3.45. The van der Waals surface area contributed by atoms with Crippen LogP contribution < -0.4 is 0 Å². The number of benzene rings is 1. The maximum Gasteiger partial charge on any atom is 0.335 e. The fourth-order valence-corrected chi connectivity index (χ4v) is 2.16.